The highest BCUT2D eigenvalue weighted by atomic mass is 14.4. The van der Waals surface area contributed by atoms with Gasteiger partial charge in [0.1, 0.15) is 0 Å². The van der Waals surface area contributed by atoms with Crippen LogP contribution in [0.1, 0.15) is 57.6 Å². The molecule has 1 aromatic rings. The van der Waals surface area contributed by atoms with E-state index < -0.39 is 0 Å². The van der Waals surface area contributed by atoms with Crippen molar-refractivity contribution >= 4 is 5.57 Å². The number of aryl methyl sites for hydroxylation is 1. The molecule has 2 fully saturated rings. The largest absolute Gasteiger partial charge is 0.0625 e. The van der Waals surface area contributed by atoms with E-state index >= 15 is 0 Å². The monoisotopic (exact) mass is 268 g/mol. The summed E-state index contributed by atoms with van der Waals surface area (Å²) in [5.74, 6) is 3.55. The van der Waals surface area contributed by atoms with Gasteiger partial charge in [0, 0.05) is 0 Å². The van der Waals surface area contributed by atoms with Crippen LogP contribution in [0.3, 0.4) is 0 Å². The van der Waals surface area contributed by atoms with Crippen LogP contribution < -0.4 is 0 Å². The minimum Gasteiger partial charge on any atom is -0.0625 e. The zero-order valence-corrected chi connectivity index (χ0v) is 13.4. The molecule has 1 aromatic carbocycles. The molecule has 4 unspecified atom stereocenters. The fraction of sp³-hybridized carbons (Fsp3) is 0.600. The van der Waals surface area contributed by atoms with E-state index in [1.807, 2.05) is 0 Å². The summed E-state index contributed by atoms with van der Waals surface area (Å²) < 4.78 is 0. The molecule has 0 N–H and O–H groups in total. The van der Waals surface area contributed by atoms with Crippen LogP contribution in [-0.2, 0) is 0 Å². The molecular weight excluding hydrogens is 240 g/mol. The number of allylic oxidation sites excluding steroid dienone is 2. The van der Waals surface area contributed by atoms with Gasteiger partial charge in [-0.25, -0.2) is 0 Å². The second-order valence-electron chi connectivity index (χ2n) is 7.46. The summed E-state index contributed by atoms with van der Waals surface area (Å²) in [6.45, 7) is 9.48. The van der Waals surface area contributed by atoms with Crippen LogP contribution in [0.4, 0.5) is 0 Å². The number of fused-ring (bicyclic) bond motifs is 2. The number of hydrogen-bond acceptors (Lipinski definition) is 0. The Morgan fingerprint density at radius 3 is 2.60 bits per heavy atom. The smallest absolute Gasteiger partial charge is 0.0189 e. The molecule has 2 aliphatic carbocycles. The fourth-order valence-corrected chi connectivity index (χ4v) is 4.94. The van der Waals surface area contributed by atoms with Crippen molar-refractivity contribution in [3.8, 4) is 0 Å². The van der Waals surface area contributed by atoms with Crippen LogP contribution in [0, 0.1) is 30.6 Å². The zero-order chi connectivity index (χ0) is 14.3. The quantitative estimate of drug-likeness (QED) is 0.598. The summed E-state index contributed by atoms with van der Waals surface area (Å²) in [6, 6.07) is 9.05. The molecule has 2 bridgehead atoms. The van der Waals surface area contributed by atoms with Gasteiger partial charge in [-0.05, 0) is 74.3 Å². The lowest BCUT2D eigenvalue weighted by Gasteiger charge is -2.44. The Labute approximate surface area is 124 Å². The maximum atomic E-state index is 2.46. The summed E-state index contributed by atoms with van der Waals surface area (Å²) in [5, 5.41) is 0. The van der Waals surface area contributed by atoms with Crippen LogP contribution >= 0.6 is 0 Å². The van der Waals surface area contributed by atoms with E-state index in [0.29, 0.717) is 0 Å². The molecular formula is C20H28. The van der Waals surface area contributed by atoms with E-state index in [4.69, 9.17) is 0 Å². The summed E-state index contributed by atoms with van der Waals surface area (Å²) in [5.41, 5.74) is 6.17. The SMILES string of the molecule is C/C(=C1/C(C)CC2CC(C)CC1C2)c1cccc(C)c1. The minimum atomic E-state index is 0.784. The molecule has 0 aliphatic heterocycles. The van der Waals surface area contributed by atoms with Gasteiger partial charge in [0.2, 0.25) is 0 Å². The average Bonchev–Trinajstić information content (AvgIpc) is 2.37. The predicted octanol–water partition coefficient (Wildman–Crippen LogP) is 5.86. The predicted molar refractivity (Wildman–Crippen MR) is 87.5 cm³/mol. The molecule has 0 amide bonds. The van der Waals surface area contributed by atoms with Crippen molar-refractivity contribution in [1.29, 1.82) is 0 Å². The molecule has 20 heavy (non-hydrogen) atoms. The Bertz CT molecular complexity index is 519. The molecule has 4 atom stereocenters. The second-order valence-corrected chi connectivity index (χ2v) is 7.46. The minimum absolute atomic E-state index is 0.784. The van der Waals surface area contributed by atoms with Gasteiger partial charge in [0.25, 0.3) is 0 Å². The molecule has 0 nitrogen and oxygen atoms in total. The topological polar surface area (TPSA) is 0 Å². The van der Waals surface area contributed by atoms with Crippen molar-refractivity contribution in [1.82, 2.24) is 0 Å². The maximum absolute atomic E-state index is 2.46. The number of benzene rings is 1. The Hall–Kier alpha value is -1.04. The number of hydrogen-bond donors (Lipinski definition) is 0. The van der Waals surface area contributed by atoms with Gasteiger partial charge in [0.05, 0.1) is 0 Å². The van der Waals surface area contributed by atoms with Gasteiger partial charge in [-0.1, -0.05) is 49.2 Å². The van der Waals surface area contributed by atoms with Crippen LogP contribution in [0.5, 0.6) is 0 Å². The summed E-state index contributed by atoms with van der Waals surface area (Å²) >= 11 is 0. The Morgan fingerprint density at radius 1 is 1.05 bits per heavy atom. The summed E-state index contributed by atoms with van der Waals surface area (Å²) in [6.07, 6.45) is 5.75. The highest BCUT2D eigenvalue weighted by molar-refractivity contribution is 5.68. The normalized spacial score (nSPS) is 35.8. The zero-order valence-electron chi connectivity index (χ0n) is 13.4. The molecule has 0 heteroatoms. The lowest BCUT2D eigenvalue weighted by molar-refractivity contribution is 0.163. The highest BCUT2D eigenvalue weighted by Gasteiger charge is 2.37. The van der Waals surface area contributed by atoms with Crippen molar-refractivity contribution in [3.63, 3.8) is 0 Å². The molecule has 108 valence electrons. The molecule has 0 radical (unpaired) electrons. The molecule has 2 aliphatic rings. The molecule has 2 saturated carbocycles. The van der Waals surface area contributed by atoms with Crippen LogP contribution in [0.25, 0.3) is 5.57 Å². The third-order valence-corrected chi connectivity index (χ3v) is 5.58. The molecule has 0 heterocycles. The van der Waals surface area contributed by atoms with Crippen molar-refractivity contribution < 1.29 is 0 Å². The Balaban J connectivity index is 1.99. The molecule has 0 spiro atoms. The van der Waals surface area contributed by atoms with E-state index in [-0.39, 0.29) is 0 Å². The Morgan fingerprint density at radius 2 is 1.85 bits per heavy atom. The standard InChI is InChI=1S/C20H28/c1-13-6-5-7-18(9-13)16(4)20-15(3)11-17-8-14(2)10-19(20)12-17/h5-7,9,14-15,17,19H,8,10-12H2,1-4H3/b20-16+. The summed E-state index contributed by atoms with van der Waals surface area (Å²) in [4.78, 5) is 0. The second kappa shape index (κ2) is 5.39. The van der Waals surface area contributed by atoms with Crippen molar-refractivity contribution in [2.75, 3.05) is 0 Å². The van der Waals surface area contributed by atoms with Crippen molar-refractivity contribution in [2.24, 2.45) is 23.7 Å². The first-order valence-electron chi connectivity index (χ1n) is 8.32. The summed E-state index contributed by atoms with van der Waals surface area (Å²) in [7, 11) is 0. The third kappa shape index (κ3) is 2.57. The first kappa shape index (κ1) is 13.9. The lowest BCUT2D eigenvalue weighted by Crippen LogP contribution is -2.32. The van der Waals surface area contributed by atoms with Crippen molar-refractivity contribution in [3.05, 3.63) is 41.0 Å². The first-order valence-corrected chi connectivity index (χ1v) is 8.32. The Kier molecular flexibility index (Phi) is 3.75. The van der Waals surface area contributed by atoms with Gasteiger partial charge >= 0.3 is 0 Å². The lowest BCUT2D eigenvalue weighted by atomic mass is 9.62. The fourth-order valence-electron chi connectivity index (χ4n) is 4.94. The van der Waals surface area contributed by atoms with Gasteiger partial charge in [0.15, 0.2) is 0 Å². The van der Waals surface area contributed by atoms with E-state index in [2.05, 4.69) is 52.0 Å². The van der Waals surface area contributed by atoms with Gasteiger partial charge in [-0.15, -0.1) is 0 Å². The van der Waals surface area contributed by atoms with E-state index in [1.54, 1.807) is 11.1 Å². The van der Waals surface area contributed by atoms with Gasteiger partial charge < -0.3 is 0 Å². The van der Waals surface area contributed by atoms with Crippen LogP contribution in [0.2, 0.25) is 0 Å². The molecule has 0 saturated heterocycles. The third-order valence-electron chi connectivity index (χ3n) is 5.58. The highest BCUT2D eigenvalue weighted by Crippen LogP contribution is 2.49. The van der Waals surface area contributed by atoms with Crippen molar-refractivity contribution in [2.45, 2.75) is 53.4 Å². The van der Waals surface area contributed by atoms with Crippen LogP contribution in [0.15, 0.2) is 29.8 Å². The van der Waals surface area contributed by atoms with Crippen LogP contribution in [-0.4, -0.2) is 0 Å². The van der Waals surface area contributed by atoms with Gasteiger partial charge in [-0.3, -0.25) is 0 Å². The average molecular weight is 268 g/mol. The maximum Gasteiger partial charge on any atom is -0.0189 e. The van der Waals surface area contributed by atoms with E-state index in [1.165, 1.54) is 36.8 Å². The number of rotatable bonds is 1. The van der Waals surface area contributed by atoms with E-state index in [0.717, 1.165) is 23.7 Å². The first-order chi connectivity index (χ1) is 9.54. The van der Waals surface area contributed by atoms with Gasteiger partial charge in [-0.2, -0.15) is 0 Å². The van der Waals surface area contributed by atoms with E-state index in [9.17, 15) is 0 Å². The molecule has 0 aromatic heterocycles. The molecule has 3 rings (SSSR count).